The van der Waals surface area contributed by atoms with E-state index in [0.717, 1.165) is 31.8 Å². The standard InChI is InChI=1S/C14H21N3O/c1-2-8-15-13-12(4-3-9-16-13)14(18)17-10-7-11-5-6-11/h3-4,9,11H,2,5-8,10H2,1H3,(H,15,16)(H,17,18). The van der Waals surface area contributed by atoms with Crippen LogP contribution in [0.4, 0.5) is 5.82 Å². The number of hydrogen-bond donors (Lipinski definition) is 2. The third kappa shape index (κ3) is 3.72. The Bertz CT molecular complexity index is 402. The molecule has 1 aliphatic carbocycles. The summed E-state index contributed by atoms with van der Waals surface area (Å²) in [5.74, 6) is 1.50. The quantitative estimate of drug-likeness (QED) is 0.778. The molecule has 0 saturated heterocycles. The SMILES string of the molecule is CCCNc1ncccc1C(=O)NCCC1CC1. The highest BCUT2D eigenvalue weighted by Gasteiger charge is 2.21. The van der Waals surface area contributed by atoms with Gasteiger partial charge in [0.2, 0.25) is 0 Å². The van der Waals surface area contributed by atoms with Crippen molar-refractivity contribution in [3.8, 4) is 0 Å². The highest BCUT2D eigenvalue weighted by molar-refractivity contribution is 5.98. The summed E-state index contributed by atoms with van der Waals surface area (Å²) in [5, 5.41) is 6.15. The molecule has 1 heterocycles. The lowest BCUT2D eigenvalue weighted by Crippen LogP contribution is -2.26. The van der Waals surface area contributed by atoms with Crippen molar-refractivity contribution in [3.63, 3.8) is 0 Å². The van der Waals surface area contributed by atoms with E-state index in [1.807, 2.05) is 6.07 Å². The van der Waals surface area contributed by atoms with Crippen LogP contribution in [0, 0.1) is 5.92 Å². The fraction of sp³-hybridized carbons (Fsp3) is 0.571. The second-order valence-corrected chi connectivity index (χ2v) is 4.81. The molecule has 1 aromatic heterocycles. The molecule has 18 heavy (non-hydrogen) atoms. The average molecular weight is 247 g/mol. The number of nitrogens with zero attached hydrogens (tertiary/aromatic N) is 1. The number of carbonyl (C=O) groups is 1. The molecular weight excluding hydrogens is 226 g/mol. The lowest BCUT2D eigenvalue weighted by molar-refractivity contribution is 0.0953. The lowest BCUT2D eigenvalue weighted by Gasteiger charge is -2.10. The minimum Gasteiger partial charge on any atom is -0.369 e. The Hall–Kier alpha value is -1.58. The highest BCUT2D eigenvalue weighted by Crippen LogP contribution is 2.31. The Kier molecular flexibility index (Phi) is 4.56. The highest BCUT2D eigenvalue weighted by atomic mass is 16.1. The van der Waals surface area contributed by atoms with E-state index in [2.05, 4.69) is 22.5 Å². The summed E-state index contributed by atoms with van der Waals surface area (Å²) in [6.45, 7) is 3.69. The van der Waals surface area contributed by atoms with Gasteiger partial charge < -0.3 is 10.6 Å². The van der Waals surface area contributed by atoms with Gasteiger partial charge in [-0.05, 0) is 30.9 Å². The van der Waals surface area contributed by atoms with Gasteiger partial charge in [-0.25, -0.2) is 4.98 Å². The van der Waals surface area contributed by atoms with Crippen LogP contribution in [0.15, 0.2) is 18.3 Å². The Morgan fingerprint density at radius 2 is 2.28 bits per heavy atom. The topological polar surface area (TPSA) is 54.0 Å². The van der Waals surface area contributed by atoms with E-state index in [0.29, 0.717) is 11.4 Å². The maximum absolute atomic E-state index is 12.0. The predicted molar refractivity (Wildman–Crippen MR) is 72.7 cm³/mol. The van der Waals surface area contributed by atoms with Crippen molar-refractivity contribution in [1.29, 1.82) is 0 Å². The molecule has 2 rings (SSSR count). The first-order chi connectivity index (χ1) is 8.81. The molecule has 98 valence electrons. The Labute approximate surface area is 108 Å². The zero-order valence-corrected chi connectivity index (χ0v) is 10.9. The second kappa shape index (κ2) is 6.38. The third-order valence-electron chi connectivity index (χ3n) is 3.13. The number of anilines is 1. The summed E-state index contributed by atoms with van der Waals surface area (Å²) in [6, 6.07) is 3.62. The minimum atomic E-state index is -0.0256. The summed E-state index contributed by atoms with van der Waals surface area (Å²) in [4.78, 5) is 16.3. The van der Waals surface area contributed by atoms with Gasteiger partial charge in [0.05, 0.1) is 5.56 Å². The molecule has 2 N–H and O–H groups in total. The summed E-state index contributed by atoms with van der Waals surface area (Å²) in [7, 11) is 0. The number of hydrogen-bond acceptors (Lipinski definition) is 3. The number of rotatable bonds is 7. The van der Waals surface area contributed by atoms with Crippen LogP contribution in [0.2, 0.25) is 0 Å². The number of pyridine rings is 1. The molecule has 1 aromatic rings. The number of amides is 1. The molecule has 0 aromatic carbocycles. The minimum absolute atomic E-state index is 0.0256. The molecule has 1 saturated carbocycles. The molecule has 0 bridgehead atoms. The van der Waals surface area contributed by atoms with Gasteiger partial charge in [-0.3, -0.25) is 4.79 Å². The molecule has 0 unspecified atom stereocenters. The van der Waals surface area contributed by atoms with E-state index in [9.17, 15) is 4.79 Å². The van der Waals surface area contributed by atoms with E-state index in [4.69, 9.17) is 0 Å². The van der Waals surface area contributed by atoms with Crippen molar-refractivity contribution in [2.24, 2.45) is 5.92 Å². The molecule has 1 fully saturated rings. The molecule has 4 nitrogen and oxygen atoms in total. The predicted octanol–water partition coefficient (Wildman–Crippen LogP) is 2.43. The van der Waals surface area contributed by atoms with Gasteiger partial charge in [0.25, 0.3) is 5.91 Å². The van der Waals surface area contributed by atoms with Crippen LogP contribution >= 0.6 is 0 Å². The van der Waals surface area contributed by atoms with Crippen LogP contribution in [0.5, 0.6) is 0 Å². The Morgan fingerprint density at radius 1 is 1.44 bits per heavy atom. The van der Waals surface area contributed by atoms with Gasteiger partial charge in [0.1, 0.15) is 5.82 Å². The van der Waals surface area contributed by atoms with E-state index in [-0.39, 0.29) is 5.91 Å². The Morgan fingerprint density at radius 3 is 3.00 bits per heavy atom. The molecule has 0 radical (unpaired) electrons. The smallest absolute Gasteiger partial charge is 0.255 e. The van der Waals surface area contributed by atoms with Crippen molar-refractivity contribution in [2.75, 3.05) is 18.4 Å². The van der Waals surface area contributed by atoms with Gasteiger partial charge in [-0.1, -0.05) is 19.8 Å². The number of nitrogens with one attached hydrogen (secondary N) is 2. The van der Waals surface area contributed by atoms with Crippen LogP contribution in [0.25, 0.3) is 0 Å². The van der Waals surface area contributed by atoms with Gasteiger partial charge >= 0.3 is 0 Å². The maximum Gasteiger partial charge on any atom is 0.255 e. The largest absolute Gasteiger partial charge is 0.369 e. The summed E-state index contributed by atoms with van der Waals surface area (Å²) in [6.07, 6.45) is 6.47. The second-order valence-electron chi connectivity index (χ2n) is 4.81. The van der Waals surface area contributed by atoms with Crippen molar-refractivity contribution in [1.82, 2.24) is 10.3 Å². The van der Waals surface area contributed by atoms with Gasteiger partial charge in [-0.2, -0.15) is 0 Å². The molecule has 0 spiro atoms. The molecule has 4 heteroatoms. The molecular formula is C14H21N3O. The van der Waals surface area contributed by atoms with Crippen molar-refractivity contribution >= 4 is 11.7 Å². The van der Waals surface area contributed by atoms with Crippen LogP contribution in [-0.2, 0) is 0 Å². The Balaban J connectivity index is 1.90. The summed E-state index contributed by atoms with van der Waals surface area (Å²) in [5.41, 5.74) is 0.641. The van der Waals surface area contributed by atoms with Crippen LogP contribution in [0.3, 0.4) is 0 Å². The summed E-state index contributed by atoms with van der Waals surface area (Å²) < 4.78 is 0. The zero-order valence-electron chi connectivity index (χ0n) is 10.9. The average Bonchev–Trinajstić information content (AvgIpc) is 3.20. The summed E-state index contributed by atoms with van der Waals surface area (Å²) >= 11 is 0. The van der Waals surface area contributed by atoms with Crippen molar-refractivity contribution in [3.05, 3.63) is 23.9 Å². The van der Waals surface area contributed by atoms with Crippen LogP contribution in [0.1, 0.15) is 43.0 Å². The first-order valence-electron chi connectivity index (χ1n) is 6.78. The molecule has 0 aliphatic heterocycles. The van der Waals surface area contributed by atoms with E-state index in [1.54, 1.807) is 12.3 Å². The monoisotopic (exact) mass is 247 g/mol. The van der Waals surface area contributed by atoms with Gasteiger partial charge in [0, 0.05) is 19.3 Å². The van der Waals surface area contributed by atoms with E-state index >= 15 is 0 Å². The molecule has 1 aliphatic rings. The van der Waals surface area contributed by atoms with E-state index < -0.39 is 0 Å². The maximum atomic E-state index is 12.0. The number of carbonyl (C=O) groups excluding carboxylic acids is 1. The third-order valence-corrected chi connectivity index (χ3v) is 3.13. The first-order valence-corrected chi connectivity index (χ1v) is 6.78. The van der Waals surface area contributed by atoms with Crippen molar-refractivity contribution < 1.29 is 4.79 Å². The van der Waals surface area contributed by atoms with Crippen LogP contribution < -0.4 is 10.6 Å². The zero-order chi connectivity index (χ0) is 12.8. The molecule has 0 atom stereocenters. The normalized spacial score (nSPS) is 14.3. The van der Waals surface area contributed by atoms with Crippen molar-refractivity contribution in [2.45, 2.75) is 32.6 Å². The fourth-order valence-corrected chi connectivity index (χ4v) is 1.86. The van der Waals surface area contributed by atoms with Gasteiger partial charge in [0.15, 0.2) is 0 Å². The van der Waals surface area contributed by atoms with E-state index in [1.165, 1.54) is 12.8 Å². The van der Waals surface area contributed by atoms with Gasteiger partial charge in [-0.15, -0.1) is 0 Å². The van der Waals surface area contributed by atoms with Crippen LogP contribution in [-0.4, -0.2) is 24.0 Å². The first kappa shape index (κ1) is 12.9. The molecule has 1 amide bonds. The lowest BCUT2D eigenvalue weighted by atomic mass is 10.2. The fourth-order valence-electron chi connectivity index (χ4n) is 1.86. The number of aromatic nitrogens is 1.